The normalized spacial score (nSPS) is 20.1. The lowest BCUT2D eigenvalue weighted by molar-refractivity contribution is -0.135. The van der Waals surface area contributed by atoms with Crippen LogP contribution in [0, 0.1) is 5.92 Å². The van der Waals surface area contributed by atoms with Gasteiger partial charge in [0.25, 0.3) is 0 Å². The van der Waals surface area contributed by atoms with Crippen LogP contribution in [0.4, 0.5) is 0 Å². The van der Waals surface area contributed by atoms with Gasteiger partial charge in [0.2, 0.25) is 5.91 Å². The summed E-state index contributed by atoms with van der Waals surface area (Å²) in [6.07, 6.45) is 2.00. The molecule has 1 saturated heterocycles. The Balaban J connectivity index is 2.66. The van der Waals surface area contributed by atoms with E-state index in [0.717, 1.165) is 25.9 Å². The average Bonchev–Trinajstić information content (AvgIpc) is 2.35. The minimum Gasteiger partial charge on any atom is -0.395 e. The molecule has 0 bridgehead atoms. The molecular weight excluding hydrogens is 296 g/mol. The summed E-state index contributed by atoms with van der Waals surface area (Å²) < 4.78 is 0. The molecule has 0 aromatic carbocycles. The maximum absolute atomic E-state index is 12.4. The number of carbonyl (C=O) groups excluding carboxylic acids is 1. The van der Waals surface area contributed by atoms with Crippen molar-refractivity contribution in [2.75, 3.05) is 33.3 Å². The van der Waals surface area contributed by atoms with Gasteiger partial charge in [0.15, 0.2) is 0 Å². The van der Waals surface area contributed by atoms with Gasteiger partial charge in [-0.3, -0.25) is 4.79 Å². The number of nitrogens with zero attached hydrogens (tertiary/aromatic N) is 2. The molecule has 0 aromatic heterocycles. The van der Waals surface area contributed by atoms with Crippen LogP contribution in [0.25, 0.3) is 0 Å². The number of carbonyl (C=O) groups is 1. The molecule has 1 heterocycles. The fourth-order valence-corrected chi connectivity index (χ4v) is 2.59. The summed E-state index contributed by atoms with van der Waals surface area (Å²) in [6.45, 7) is 6.59. The molecule has 4 nitrogen and oxygen atoms in total. The van der Waals surface area contributed by atoms with Gasteiger partial charge in [-0.1, -0.05) is 29.8 Å². The van der Waals surface area contributed by atoms with Crippen molar-refractivity contribution in [3.8, 4) is 0 Å². The third-order valence-corrected chi connectivity index (χ3v) is 5.02. The summed E-state index contributed by atoms with van der Waals surface area (Å²) in [7, 11) is 2.11. The number of piperidine rings is 1. The van der Waals surface area contributed by atoms with Gasteiger partial charge in [-0.05, 0) is 38.9 Å². The molecule has 0 radical (unpaired) electrons. The summed E-state index contributed by atoms with van der Waals surface area (Å²) in [5.41, 5.74) is 0. The Labute approximate surface area is 118 Å². The number of hydrogen-bond acceptors (Lipinski definition) is 3. The fourth-order valence-electron chi connectivity index (χ4n) is 2.33. The van der Waals surface area contributed by atoms with Crippen molar-refractivity contribution in [3.05, 3.63) is 0 Å². The highest BCUT2D eigenvalue weighted by Crippen LogP contribution is 2.21. The van der Waals surface area contributed by atoms with E-state index in [-0.39, 0.29) is 29.3 Å². The van der Waals surface area contributed by atoms with Crippen LogP contribution >= 0.6 is 15.9 Å². The van der Waals surface area contributed by atoms with Crippen molar-refractivity contribution in [1.82, 2.24) is 9.80 Å². The molecule has 1 atom stereocenters. The molecule has 0 saturated carbocycles. The van der Waals surface area contributed by atoms with Crippen LogP contribution in [-0.2, 0) is 4.79 Å². The van der Waals surface area contributed by atoms with E-state index >= 15 is 0 Å². The third-order valence-electron chi connectivity index (χ3n) is 3.57. The van der Waals surface area contributed by atoms with E-state index < -0.39 is 0 Å². The fraction of sp³-hybridized carbons (Fsp3) is 0.923. The van der Waals surface area contributed by atoms with E-state index in [1.807, 2.05) is 18.7 Å². The van der Waals surface area contributed by atoms with Crippen molar-refractivity contribution in [2.24, 2.45) is 5.92 Å². The monoisotopic (exact) mass is 320 g/mol. The number of likely N-dealkylation sites (tertiary alicyclic amines) is 1. The molecule has 1 aliphatic rings. The molecule has 5 heteroatoms. The first-order valence-corrected chi connectivity index (χ1v) is 7.63. The standard InChI is InChI=1S/C13H25BrN2O2/c1-10(2)12(14)13(18)16(8-9-17)11-4-6-15(3)7-5-11/h10-12,17H,4-9H2,1-3H3. The molecule has 1 rings (SSSR count). The van der Waals surface area contributed by atoms with E-state index in [9.17, 15) is 4.79 Å². The molecule has 1 aliphatic heterocycles. The van der Waals surface area contributed by atoms with Gasteiger partial charge < -0.3 is 14.9 Å². The van der Waals surface area contributed by atoms with Crippen molar-refractivity contribution in [1.29, 1.82) is 0 Å². The number of aliphatic hydroxyl groups is 1. The summed E-state index contributed by atoms with van der Waals surface area (Å²) in [5, 5.41) is 9.17. The zero-order valence-corrected chi connectivity index (χ0v) is 13.2. The lowest BCUT2D eigenvalue weighted by Crippen LogP contribution is -2.50. The van der Waals surface area contributed by atoms with E-state index in [0.29, 0.717) is 6.54 Å². The minimum absolute atomic E-state index is 0.0376. The second kappa shape index (κ2) is 7.46. The highest BCUT2D eigenvalue weighted by molar-refractivity contribution is 9.10. The first-order valence-electron chi connectivity index (χ1n) is 6.71. The van der Waals surface area contributed by atoms with Crippen LogP contribution in [0.2, 0.25) is 0 Å². The molecular formula is C13H25BrN2O2. The minimum atomic E-state index is -0.149. The van der Waals surface area contributed by atoms with E-state index in [1.165, 1.54) is 0 Å². The number of aliphatic hydroxyl groups excluding tert-OH is 1. The Morgan fingerprint density at radius 1 is 1.44 bits per heavy atom. The van der Waals surface area contributed by atoms with Crippen LogP contribution < -0.4 is 0 Å². The predicted molar refractivity (Wildman–Crippen MR) is 76.9 cm³/mol. The van der Waals surface area contributed by atoms with E-state index in [1.54, 1.807) is 0 Å². The van der Waals surface area contributed by atoms with Crippen LogP contribution in [0.5, 0.6) is 0 Å². The van der Waals surface area contributed by atoms with Gasteiger partial charge in [0.1, 0.15) is 0 Å². The summed E-state index contributed by atoms with van der Waals surface area (Å²) in [5.74, 6) is 0.388. The van der Waals surface area contributed by atoms with Gasteiger partial charge in [0.05, 0.1) is 11.4 Å². The largest absolute Gasteiger partial charge is 0.395 e. The third kappa shape index (κ3) is 4.21. The lowest BCUT2D eigenvalue weighted by Gasteiger charge is -2.38. The molecule has 106 valence electrons. The van der Waals surface area contributed by atoms with E-state index in [4.69, 9.17) is 5.11 Å². The Hall–Kier alpha value is -0.130. The smallest absolute Gasteiger partial charge is 0.236 e. The van der Waals surface area contributed by atoms with Crippen molar-refractivity contribution in [3.63, 3.8) is 0 Å². The molecule has 1 unspecified atom stereocenters. The number of amides is 1. The Kier molecular flexibility index (Phi) is 6.60. The Morgan fingerprint density at radius 3 is 2.44 bits per heavy atom. The van der Waals surface area contributed by atoms with Crippen LogP contribution in [0.15, 0.2) is 0 Å². The molecule has 0 aliphatic carbocycles. The number of rotatable bonds is 5. The summed E-state index contributed by atoms with van der Waals surface area (Å²) >= 11 is 3.47. The van der Waals surface area contributed by atoms with Gasteiger partial charge in [-0.25, -0.2) is 0 Å². The molecule has 1 N–H and O–H groups in total. The second-order valence-corrected chi connectivity index (χ2v) is 6.42. The van der Waals surface area contributed by atoms with Gasteiger partial charge in [0, 0.05) is 12.6 Å². The first-order chi connectivity index (χ1) is 8.47. The predicted octanol–water partition coefficient (Wildman–Crippen LogP) is 1.32. The molecule has 0 aromatic rings. The van der Waals surface area contributed by atoms with Crippen molar-refractivity contribution in [2.45, 2.75) is 37.6 Å². The Bertz CT molecular complexity index is 266. The SMILES string of the molecule is CC(C)C(Br)C(=O)N(CCO)C1CCN(C)CC1. The maximum atomic E-state index is 12.4. The summed E-state index contributed by atoms with van der Waals surface area (Å²) in [6, 6.07) is 0.277. The maximum Gasteiger partial charge on any atom is 0.236 e. The highest BCUT2D eigenvalue weighted by atomic mass is 79.9. The summed E-state index contributed by atoms with van der Waals surface area (Å²) in [4.78, 5) is 16.4. The average molecular weight is 321 g/mol. The zero-order valence-electron chi connectivity index (χ0n) is 11.6. The highest BCUT2D eigenvalue weighted by Gasteiger charge is 2.31. The molecule has 18 heavy (non-hydrogen) atoms. The first kappa shape index (κ1) is 15.9. The number of alkyl halides is 1. The van der Waals surface area contributed by atoms with Crippen LogP contribution in [0.3, 0.4) is 0 Å². The number of hydrogen-bond donors (Lipinski definition) is 1. The van der Waals surface area contributed by atoms with Crippen LogP contribution in [0.1, 0.15) is 26.7 Å². The zero-order chi connectivity index (χ0) is 13.7. The topological polar surface area (TPSA) is 43.8 Å². The van der Waals surface area contributed by atoms with Crippen molar-refractivity contribution < 1.29 is 9.90 Å². The van der Waals surface area contributed by atoms with Crippen molar-refractivity contribution >= 4 is 21.8 Å². The number of halogens is 1. The molecule has 1 amide bonds. The quantitative estimate of drug-likeness (QED) is 0.777. The molecule has 0 spiro atoms. The lowest BCUT2D eigenvalue weighted by atomic mass is 10.0. The second-order valence-electron chi connectivity index (χ2n) is 5.44. The Morgan fingerprint density at radius 2 is 2.00 bits per heavy atom. The van der Waals surface area contributed by atoms with Gasteiger partial charge >= 0.3 is 0 Å². The molecule has 1 fully saturated rings. The van der Waals surface area contributed by atoms with Gasteiger partial charge in [-0.2, -0.15) is 0 Å². The van der Waals surface area contributed by atoms with Gasteiger partial charge in [-0.15, -0.1) is 0 Å². The van der Waals surface area contributed by atoms with Crippen LogP contribution in [-0.4, -0.2) is 65.0 Å². The van der Waals surface area contributed by atoms with E-state index in [2.05, 4.69) is 27.9 Å².